The molecule has 0 amide bonds. The number of carbonyl (C=O) groups excluding carboxylic acids is 1. The Morgan fingerprint density at radius 1 is 1.44 bits per heavy atom. The largest absolute Gasteiger partial charge is 0.476 e. The predicted octanol–water partition coefficient (Wildman–Crippen LogP) is -1.22. The number of nitrogens with two attached hydrogens (primary N) is 2. The number of carboxylic acids is 1. The Balaban J connectivity index is 4.10. The van der Waals surface area contributed by atoms with Crippen molar-refractivity contribution in [3.05, 3.63) is 0 Å². The fourth-order valence-corrected chi connectivity index (χ4v) is 0.942. The molecule has 0 aliphatic carbocycles. The Hall–Kier alpha value is -1.18. The number of rotatable bonds is 7. The maximum absolute atomic E-state index is 11.3. The van der Waals surface area contributed by atoms with Gasteiger partial charge in [-0.2, -0.15) is 0 Å². The number of carboxylic acid groups (broad SMARTS) is 1. The summed E-state index contributed by atoms with van der Waals surface area (Å²) >= 11 is 0. The highest BCUT2D eigenvalue weighted by atomic mass is 16.7. The Bertz CT molecular complexity index is 254. The van der Waals surface area contributed by atoms with Gasteiger partial charge in [-0.05, 0) is 19.4 Å². The van der Waals surface area contributed by atoms with Gasteiger partial charge in [0.1, 0.15) is 6.04 Å². The molecule has 0 aliphatic rings. The lowest BCUT2D eigenvalue weighted by Crippen LogP contribution is -2.45. The minimum atomic E-state index is -2.54. The summed E-state index contributed by atoms with van der Waals surface area (Å²) in [6.07, 6.45) is 1.70. The lowest BCUT2D eigenvalue weighted by Gasteiger charge is -2.20. The Morgan fingerprint density at radius 2 is 2.00 bits per heavy atom. The summed E-state index contributed by atoms with van der Waals surface area (Å²) in [5, 5.41) is 17.7. The highest BCUT2D eigenvalue weighted by molar-refractivity contribution is 5.82. The molecule has 94 valence electrons. The van der Waals surface area contributed by atoms with Crippen molar-refractivity contribution in [1.82, 2.24) is 0 Å². The minimum absolute atomic E-state index is 0.339. The molecule has 0 heterocycles. The van der Waals surface area contributed by atoms with Crippen LogP contribution in [0.3, 0.4) is 0 Å². The molecule has 0 aromatic carbocycles. The maximum Gasteiger partial charge on any atom is 0.376 e. The van der Waals surface area contributed by atoms with E-state index in [-0.39, 0.29) is 0 Å². The first-order chi connectivity index (χ1) is 7.31. The third-order valence-corrected chi connectivity index (χ3v) is 1.97. The van der Waals surface area contributed by atoms with E-state index in [1.54, 1.807) is 0 Å². The van der Waals surface area contributed by atoms with E-state index in [1.165, 1.54) is 0 Å². The zero-order valence-corrected chi connectivity index (χ0v) is 9.18. The normalized spacial score (nSPS) is 16.2. The summed E-state index contributed by atoms with van der Waals surface area (Å²) in [6.45, 7) is 1.36. The van der Waals surface area contributed by atoms with E-state index in [4.69, 9.17) is 21.7 Å². The molecule has 0 fully saturated rings. The van der Waals surface area contributed by atoms with E-state index < -0.39 is 23.8 Å². The van der Waals surface area contributed by atoms with Crippen LogP contribution in [0.2, 0.25) is 0 Å². The van der Waals surface area contributed by atoms with Crippen LogP contribution in [0.4, 0.5) is 0 Å². The van der Waals surface area contributed by atoms with Gasteiger partial charge >= 0.3 is 17.7 Å². The highest BCUT2D eigenvalue weighted by Crippen LogP contribution is 2.09. The van der Waals surface area contributed by atoms with Crippen LogP contribution in [0.1, 0.15) is 26.2 Å². The average Bonchev–Trinajstić information content (AvgIpc) is 2.17. The average molecular weight is 234 g/mol. The molecule has 0 radical (unpaired) electrons. The Morgan fingerprint density at radius 3 is 2.44 bits per heavy atom. The summed E-state index contributed by atoms with van der Waals surface area (Å²) in [4.78, 5) is 21.7. The third kappa shape index (κ3) is 5.06. The van der Waals surface area contributed by atoms with Crippen LogP contribution in [0, 0.1) is 0 Å². The molecule has 6 N–H and O–H groups in total. The summed E-state index contributed by atoms with van der Waals surface area (Å²) < 4.78 is 4.35. The first kappa shape index (κ1) is 14.8. The van der Waals surface area contributed by atoms with E-state index in [2.05, 4.69) is 4.74 Å². The molecule has 2 unspecified atom stereocenters. The monoisotopic (exact) mass is 234 g/mol. The number of esters is 1. The Kier molecular flexibility index (Phi) is 5.94. The van der Waals surface area contributed by atoms with E-state index in [0.717, 1.165) is 13.3 Å². The van der Waals surface area contributed by atoms with Crippen molar-refractivity contribution in [2.45, 2.75) is 38.0 Å². The van der Waals surface area contributed by atoms with E-state index in [0.29, 0.717) is 19.4 Å². The third-order valence-electron chi connectivity index (χ3n) is 1.97. The van der Waals surface area contributed by atoms with E-state index in [1.807, 2.05) is 0 Å². The molecule has 7 nitrogen and oxygen atoms in total. The fourth-order valence-electron chi connectivity index (χ4n) is 0.942. The number of aliphatic hydroxyl groups is 1. The number of unbranched alkanes of at least 4 members (excludes halogenated alkanes) is 1. The fraction of sp³-hybridized carbons (Fsp3) is 0.778. The van der Waals surface area contributed by atoms with Gasteiger partial charge in [0.25, 0.3) is 0 Å². The molecular weight excluding hydrogens is 216 g/mol. The molecule has 0 spiro atoms. The predicted molar refractivity (Wildman–Crippen MR) is 55.2 cm³/mol. The number of ether oxygens (including phenoxy) is 1. The number of carbonyl (C=O) groups is 2. The molecule has 7 heteroatoms. The van der Waals surface area contributed by atoms with Gasteiger partial charge in [-0.25, -0.2) is 4.79 Å². The van der Waals surface area contributed by atoms with Crippen molar-refractivity contribution in [2.24, 2.45) is 11.5 Å². The van der Waals surface area contributed by atoms with E-state index >= 15 is 0 Å². The van der Waals surface area contributed by atoms with Gasteiger partial charge in [-0.1, -0.05) is 6.42 Å². The summed E-state index contributed by atoms with van der Waals surface area (Å²) in [6, 6.07) is -0.947. The second kappa shape index (κ2) is 6.41. The summed E-state index contributed by atoms with van der Waals surface area (Å²) in [7, 11) is 0. The molecule has 0 rings (SSSR count). The zero-order valence-electron chi connectivity index (χ0n) is 9.18. The van der Waals surface area contributed by atoms with Gasteiger partial charge in [0.05, 0.1) is 0 Å². The summed E-state index contributed by atoms with van der Waals surface area (Å²) in [5.41, 5.74) is 10.7. The molecule has 16 heavy (non-hydrogen) atoms. The molecule has 0 saturated carbocycles. The van der Waals surface area contributed by atoms with E-state index in [9.17, 15) is 9.59 Å². The molecule has 0 aliphatic heterocycles. The van der Waals surface area contributed by atoms with Crippen molar-refractivity contribution in [2.75, 3.05) is 6.54 Å². The van der Waals surface area contributed by atoms with Crippen LogP contribution in [-0.4, -0.2) is 40.5 Å². The van der Waals surface area contributed by atoms with Crippen LogP contribution >= 0.6 is 0 Å². The van der Waals surface area contributed by atoms with Crippen LogP contribution in [0.5, 0.6) is 0 Å². The molecule has 0 saturated heterocycles. The lowest BCUT2D eigenvalue weighted by molar-refractivity contribution is -0.218. The van der Waals surface area contributed by atoms with Crippen molar-refractivity contribution in [3.8, 4) is 0 Å². The van der Waals surface area contributed by atoms with Crippen molar-refractivity contribution in [3.63, 3.8) is 0 Å². The SMILES string of the molecule is CC(O)(OC(=O)C(N)CCCCN)C(=O)O. The van der Waals surface area contributed by atoms with Gasteiger partial charge in [0.2, 0.25) is 0 Å². The van der Waals surface area contributed by atoms with Gasteiger partial charge in [-0.3, -0.25) is 4.79 Å². The van der Waals surface area contributed by atoms with Crippen LogP contribution in [0.15, 0.2) is 0 Å². The van der Waals surface area contributed by atoms with Crippen molar-refractivity contribution >= 4 is 11.9 Å². The minimum Gasteiger partial charge on any atom is -0.476 e. The van der Waals surface area contributed by atoms with Gasteiger partial charge in [-0.15, -0.1) is 0 Å². The standard InChI is InChI=1S/C9H18N2O5/c1-9(15,8(13)14)16-7(12)6(11)4-2-3-5-10/h6,15H,2-5,10-11H2,1H3,(H,13,14). The molecule has 2 atom stereocenters. The molecule has 0 bridgehead atoms. The Labute approximate surface area is 93.4 Å². The van der Waals surface area contributed by atoms with Gasteiger partial charge in [0, 0.05) is 6.92 Å². The second-order valence-electron chi connectivity index (χ2n) is 3.60. The highest BCUT2D eigenvalue weighted by Gasteiger charge is 2.36. The number of aliphatic carboxylic acids is 1. The van der Waals surface area contributed by atoms with Crippen LogP contribution < -0.4 is 11.5 Å². The maximum atomic E-state index is 11.3. The first-order valence-electron chi connectivity index (χ1n) is 4.95. The van der Waals surface area contributed by atoms with Gasteiger partial charge in [0.15, 0.2) is 0 Å². The zero-order chi connectivity index (χ0) is 12.8. The topological polar surface area (TPSA) is 136 Å². The molecule has 0 aromatic rings. The smallest absolute Gasteiger partial charge is 0.376 e. The van der Waals surface area contributed by atoms with Crippen molar-refractivity contribution in [1.29, 1.82) is 0 Å². The molecular formula is C9H18N2O5. The van der Waals surface area contributed by atoms with Gasteiger partial charge < -0.3 is 26.4 Å². The van der Waals surface area contributed by atoms with Crippen molar-refractivity contribution < 1.29 is 24.5 Å². The quantitative estimate of drug-likeness (QED) is 0.246. The lowest BCUT2D eigenvalue weighted by atomic mass is 10.1. The summed E-state index contributed by atoms with van der Waals surface area (Å²) in [5.74, 6) is -5.12. The molecule has 0 aromatic heterocycles. The number of hydrogen-bond donors (Lipinski definition) is 4. The first-order valence-corrected chi connectivity index (χ1v) is 4.95. The van der Waals surface area contributed by atoms with Crippen LogP contribution in [0.25, 0.3) is 0 Å². The second-order valence-corrected chi connectivity index (χ2v) is 3.60. The number of hydrogen-bond acceptors (Lipinski definition) is 6. The van der Waals surface area contributed by atoms with Crippen LogP contribution in [-0.2, 0) is 14.3 Å².